The fourth-order valence-electron chi connectivity index (χ4n) is 3.92. The molecule has 3 rings (SSSR count). The summed E-state index contributed by atoms with van der Waals surface area (Å²) in [6.45, 7) is 9.08. The van der Waals surface area contributed by atoms with Crippen LogP contribution >= 0.6 is 0 Å². The van der Waals surface area contributed by atoms with Crippen LogP contribution < -0.4 is 0 Å². The van der Waals surface area contributed by atoms with Crippen LogP contribution in [-0.2, 0) is 4.79 Å². The lowest BCUT2D eigenvalue weighted by Crippen LogP contribution is -2.40. The van der Waals surface area contributed by atoms with Gasteiger partial charge in [-0.1, -0.05) is 0 Å². The summed E-state index contributed by atoms with van der Waals surface area (Å²) in [7, 11) is 0. The predicted molar refractivity (Wildman–Crippen MR) is 99.8 cm³/mol. The van der Waals surface area contributed by atoms with Gasteiger partial charge in [0.05, 0.1) is 29.7 Å². The van der Waals surface area contributed by atoms with Crippen molar-refractivity contribution in [3.8, 4) is 0 Å². The molecule has 0 aliphatic carbocycles. The molecule has 1 aliphatic heterocycles. The van der Waals surface area contributed by atoms with Gasteiger partial charge in [-0.2, -0.15) is 10.2 Å². The summed E-state index contributed by atoms with van der Waals surface area (Å²) in [5.41, 5.74) is 2.94. The molecule has 8 heteroatoms. The second-order valence-corrected chi connectivity index (χ2v) is 7.43. The standard InChI is InChI=1S/C19H27N5O3/c1-12-9-13(2)23(21-12)14(3)10-18(25)22-7-5-16(6-8-22)24-15(4)17(11-20-24)19(26)27/h9,11,14,16H,5-8,10H2,1-4H3,(H,26,27). The van der Waals surface area contributed by atoms with Crippen molar-refractivity contribution in [3.63, 3.8) is 0 Å². The summed E-state index contributed by atoms with van der Waals surface area (Å²) >= 11 is 0. The lowest BCUT2D eigenvalue weighted by Gasteiger charge is -2.33. The van der Waals surface area contributed by atoms with Crippen LogP contribution in [0.25, 0.3) is 0 Å². The molecule has 1 aliphatic rings. The molecule has 1 N–H and O–H groups in total. The Morgan fingerprint density at radius 2 is 1.93 bits per heavy atom. The first-order valence-electron chi connectivity index (χ1n) is 9.36. The maximum absolute atomic E-state index is 12.7. The molecule has 1 saturated heterocycles. The molecular formula is C19H27N5O3. The van der Waals surface area contributed by atoms with Gasteiger partial charge in [0.1, 0.15) is 5.56 Å². The summed E-state index contributed by atoms with van der Waals surface area (Å²) in [6.07, 6.45) is 3.39. The summed E-state index contributed by atoms with van der Waals surface area (Å²) in [6, 6.07) is 2.18. The summed E-state index contributed by atoms with van der Waals surface area (Å²) in [5.74, 6) is -0.818. The fourth-order valence-corrected chi connectivity index (χ4v) is 3.92. The van der Waals surface area contributed by atoms with Crippen molar-refractivity contribution >= 4 is 11.9 Å². The van der Waals surface area contributed by atoms with Crippen LogP contribution in [0.4, 0.5) is 0 Å². The smallest absolute Gasteiger partial charge is 0.339 e. The quantitative estimate of drug-likeness (QED) is 0.869. The zero-order chi connectivity index (χ0) is 19.7. The van der Waals surface area contributed by atoms with Gasteiger partial charge in [0.25, 0.3) is 0 Å². The fraction of sp³-hybridized carbons (Fsp3) is 0.579. The number of carboxylic acid groups (broad SMARTS) is 1. The molecule has 0 aromatic carbocycles. The molecule has 3 heterocycles. The Labute approximate surface area is 158 Å². The Morgan fingerprint density at radius 1 is 1.26 bits per heavy atom. The number of carbonyl (C=O) groups is 2. The van der Waals surface area contributed by atoms with Gasteiger partial charge in [-0.05, 0) is 46.6 Å². The molecule has 146 valence electrons. The van der Waals surface area contributed by atoms with Crippen LogP contribution in [0.2, 0.25) is 0 Å². The minimum absolute atomic E-state index is 0.0235. The zero-order valence-electron chi connectivity index (χ0n) is 16.3. The number of hydrogen-bond donors (Lipinski definition) is 1. The van der Waals surface area contributed by atoms with E-state index in [0.717, 1.165) is 24.2 Å². The molecule has 2 aromatic rings. The van der Waals surface area contributed by atoms with Crippen LogP contribution in [0, 0.1) is 20.8 Å². The minimum atomic E-state index is -0.954. The predicted octanol–water partition coefficient (Wildman–Crippen LogP) is 2.52. The van der Waals surface area contributed by atoms with E-state index < -0.39 is 5.97 Å². The van der Waals surface area contributed by atoms with E-state index in [9.17, 15) is 14.7 Å². The van der Waals surface area contributed by atoms with Gasteiger partial charge in [0, 0.05) is 25.2 Å². The SMILES string of the molecule is Cc1cc(C)n(C(C)CC(=O)N2CCC(n3ncc(C(=O)O)c3C)CC2)n1. The number of likely N-dealkylation sites (tertiary alicyclic amines) is 1. The van der Waals surface area contributed by atoms with Crippen LogP contribution in [-0.4, -0.2) is 54.5 Å². The molecule has 0 saturated carbocycles. The number of aryl methyl sites for hydroxylation is 2. The third-order valence-corrected chi connectivity index (χ3v) is 5.37. The summed E-state index contributed by atoms with van der Waals surface area (Å²) in [5, 5.41) is 17.9. The Kier molecular flexibility index (Phi) is 5.34. The number of hydrogen-bond acceptors (Lipinski definition) is 4. The maximum Gasteiger partial charge on any atom is 0.339 e. The number of carbonyl (C=O) groups excluding carboxylic acids is 1. The van der Waals surface area contributed by atoms with Gasteiger partial charge >= 0.3 is 5.97 Å². The van der Waals surface area contributed by atoms with Crippen molar-refractivity contribution in [2.75, 3.05) is 13.1 Å². The first-order valence-corrected chi connectivity index (χ1v) is 9.36. The Hall–Kier alpha value is -2.64. The minimum Gasteiger partial charge on any atom is -0.478 e. The van der Waals surface area contributed by atoms with E-state index in [-0.39, 0.29) is 23.6 Å². The first-order chi connectivity index (χ1) is 12.8. The van der Waals surface area contributed by atoms with E-state index in [2.05, 4.69) is 10.2 Å². The molecule has 27 heavy (non-hydrogen) atoms. The Balaban J connectivity index is 1.58. The van der Waals surface area contributed by atoms with Crippen LogP contribution in [0.1, 0.15) is 65.7 Å². The summed E-state index contributed by atoms with van der Waals surface area (Å²) in [4.78, 5) is 25.8. The monoisotopic (exact) mass is 373 g/mol. The zero-order valence-corrected chi connectivity index (χ0v) is 16.3. The van der Waals surface area contributed by atoms with Crippen LogP contribution in [0.15, 0.2) is 12.3 Å². The number of aromatic carboxylic acids is 1. The number of piperidine rings is 1. The van der Waals surface area contributed by atoms with Gasteiger partial charge in [-0.3, -0.25) is 14.2 Å². The second-order valence-electron chi connectivity index (χ2n) is 7.43. The van der Waals surface area contributed by atoms with Gasteiger partial charge in [0.15, 0.2) is 0 Å². The highest BCUT2D eigenvalue weighted by atomic mass is 16.4. The van der Waals surface area contributed by atoms with E-state index in [1.165, 1.54) is 6.20 Å². The van der Waals surface area contributed by atoms with E-state index in [0.29, 0.717) is 25.2 Å². The van der Waals surface area contributed by atoms with Crippen molar-refractivity contribution in [1.29, 1.82) is 0 Å². The summed E-state index contributed by atoms with van der Waals surface area (Å²) < 4.78 is 3.71. The Morgan fingerprint density at radius 3 is 2.44 bits per heavy atom. The van der Waals surface area contributed by atoms with Gasteiger partial charge < -0.3 is 10.0 Å². The number of nitrogens with zero attached hydrogens (tertiary/aromatic N) is 5. The maximum atomic E-state index is 12.7. The molecule has 0 radical (unpaired) electrons. The lowest BCUT2D eigenvalue weighted by atomic mass is 10.0. The molecule has 1 fully saturated rings. The molecule has 1 amide bonds. The number of rotatable bonds is 5. The normalized spacial score (nSPS) is 16.5. The van der Waals surface area contributed by atoms with Gasteiger partial charge in [-0.25, -0.2) is 4.79 Å². The first kappa shape index (κ1) is 19.1. The van der Waals surface area contributed by atoms with Crippen molar-refractivity contribution < 1.29 is 14.7 Å². The number of carboxylic acids is 1. The van der Waals surface area contributed by atoms with E-state index in [1.54, 1.807) is 11.6 Å². The van der Waals surface area contributed by atoms with E-state index in [4.69, 9.17) is 0 Å². The van der Waals surface area contributed by atoms with Crippen molar-refractivity contribution in [3.05, 3.63) is 34.9 Å². The van der Waals surface area contributed by atoms with Crippen LogP contribution in [0.3, 0.4) is 0 Å². The molecule has 1 atom stereocenters. The third-order valence-electron chi connectivity index (χ3n) is 5.37. The highest BCUT2D eigenvalue weighted by molar-refractivity contribution is 5.88. The average Bonchev–Trinajstić information content (AvgIpc) is 3.16. The van der Waals surface area contributed by atoms with Gasteiger partial charge in [0.2, 0.25) is 5.91 Å². The van der Waals surface area contributed by atoms with Crippen LogP contribution in [0.5, 0.6) is 0 Å². The van der Waals surface area contributed by atoms with Gasteiger partial charge in [-0.15, -0.1) is 0 Å². The average molecular weight is 373 g/mol. The van der Waals surface area contributed by atoms with Crippen molar-refractivity contribution in [2.45, 2.75) is 59.0 Å². The largest absolute Gasteiger partial charge is 0.478 e. The highest BCUT2D eigenvalue weighted by Gasteiger charge is 2.27. The molecular weight excluding hydrogens is 346 g/mol. The lowest BCUT2D eigenvalue weighted by molar-refractivity contribution is -0.133. The van der Waals surface area contributed by atoms with Crippen molar-refractivity contribution in [2.24, 2.45) is 0 Å². The molecule has 1 unspecified atom stereocenters. The van der Waals surface area contributed by atoms with E-state index in [1.807, 2.05) is 36.4 Å². The van der Waals surface area contributed by atoms with Crippen molar-refractivity contribution in [1.82, 2.24) is 24.5 Å². The van der Waals surface area contributed by atoms with E-state index >= 15 is 0 Å². The Bertz CT molecular complexity index is 846. The molecule has 8 nitrogen and oxygen atoms in total. The number of aromatic nitrogens is 4. The number of amides is 1. The highest BCUT2D eigenvalue weighted by Crippen LogP contribution is 2.26. The molecule has 0 bridgehead atoms. The molecule has 0 spiro atoms. The third kappa shape index (κ3) is 3.89. The molecule has 2 aromatic heterocycles. The topological polar surface area (TPSA) is 93.2 Å². The second kappa shape index (κ2) is 7.54.